The SMILES string of the molecule is C=CC=[SiH]CC=C. The summed E-state index contributed by atoms with van der Waals surface area (Å²) in [6, 6.07) is 1.14. The van der Waals surface area contributed by atoms with Gasteiger partial charge in [0.2, 0.25) is 0 Å². The molecule has 0 aromatic carbocycles. The van der Waals surface area contributed by atoms with Crippen molar-refractivity contribution in [2.24, 2.45) is 0 Å². The van der Waals surface area contributed by atoms with Crippen molar-refractivity contribution in [2.45, 2.75) is 6.04 Å². The van der Waals surface area contributed by atoms with Crippen molar-refractivity contribution in [2.75, 3.05) is 0 Å². The minimum absolute atomic E-state index is 0.461. The average Bonchev–Trinajstić information content (AvgIpc) is 1.69. The van der Waals surface area contributed by atoms with Crippen molar-refractivity contribution in [3.8, 4) is 0 Å². The lowest BCUT2D eigenvalue weighted by Gasteiger charge is -1.70. The lowest BCUT2D eigenvalue weighted by atomic mass is 10.8. The third-order valence-electron chi connectivity index (χ3n) is 0.575. The van der Waals surface area contributed by atoms with E-state index >= 15 is 0 Å². The minimum Gasteiger partial charge on any atom is -0.103 e. The Morgan fingerprint density at radius 1 is 1.43 bits per heavy atom. The molecule has 0 spiro atoms. The summed E-state index contributed by atoms with van der Waals surface area (Å²) in [5.74, 6) is 0. The fraction of sp³-hybridized carbons (Fsp3) is 0.167. The Bertz CT molecular complexity index is 82.2. The van der Waals surface area contributed by atoms with Crippen molar-refractivity contribution in [1.82, 2.24) is 0 Å². The Balaban J connectivity index is 3.08. The lowest BCUT2D eigenvalue weighted by molar-refractivity contribution is 1.75. The summed E-state index contributed by atoms with van der Waals surface area (Å²) in [5.41, 5.74) is 2.11. The molecule has 0 radical (unpaired) electrons. The van der Waals surface area contributed by atoms with E-state index in [0.29, 0.717) is 9.13 Å². The fourth-order valence-electron chi connectivity index (χ4n) is 0.271. The third kappa shape index (κ3) is 5.57. The van der Waals surface area contributed by atoms with Gasteiger partial charge in [-0.3, -0.25) is 0 Å². The maximum atomic E-state index is 3.60. The van der Waals surface area contributed by atoms with Crippen molar-refractivity contribution in [3.05, 3.63) is 25.3 Å². The van der Waals surface area contributed by atoms with Gasteiger partial charge < -0.3 is 0 Å². The monoisotopic (exact) mass is 110 g/mol. The van der Waals surface area contributed by atoms with Crippen LogP contribution in [0.4, 0.5) is 0 Å². The summed E-state index contributed by atoms with van der Waals surface area (Å²) in [6.07, 6.45) is 3.79. The van der Waals surface area contributed by atoms with Gasteiger partial charge in [0, 0.05) is 0 Å². The van der Waals surface area contributed by atoms with Crippen molar-refractivity contribution < 1.29 is 0 Å². The predicted molar refractivity (Wildman–Crippen MR) is 38.4 cm³/mol. The summed E-state index contributed by atoms with van der Waals surface area (Å²) in [7, 11) is 0.461. The second-order valence-electron chi connectivity index (χ2n) is 1.19. The standard InChI is InChI=1S/C6H10Si/c1-3-5-7-6-4-2/h3-5,7H,1-2,6H2. The van der Waals surface area contributed by atoms with Gasteiger partial charge in [-0.15, -0.1) is 6.58 Å². The Labute approximate surface area is 47.0 Å². The van der Waals surface area contributed by atoms with E-state index in [1.165, 1.54) is 0 Å². The smallest absolute Gasteiger partial charge is 0.00292 e. The normalized spacial score (nSPS) is 9.14. The molecule has 0 atom stereocenters. The summed E-state index contributed by atoms with van der Waals surface area (Å²) in [4.78, 5) is 0. The van der Waals surface area contributed by atoms with E-state index in [9.17, 15) is 0 Å². The molecule has 0 aromatic rings. The Morgan fingerprint density at radius 2 is 2.14 bits per heavy atom. The highest BCUT2D eigenvalue weighted by molar-refractivity contribution is 6.49. The first-order chi connectivity index (χ1) is 3.41. The molecule has 0 aliphatic heterocycles. The molecule has 0 aliphatic rings. The van der Waals surface area contributed by atoms with Gasteiger partial charge in [-0.25, -0.2) is 0 Å². The van der Waals surface area contributed by atoms with E-state index in [1.807, 2.05) is 12.2 Å². The fourth-order valence-corrected chi connectivity index (χ4v) is 0.813. The highest BCUT2D eigenvalue weighted by Crippen LogP contribution is 1.68. The van der Waals surface area contributed by atoms with Gasteiger partial charge in [0.1, 0.15) is 0 Å². The van der Waals surface area contributed by atoms with Crippen LogP contribution in [0.15, 0.2) is 25.3 Å². The molecule has 0 N–H and O–H groups in total. The molecular weight excluding hydrogens is 100 g/mol. The molecule has 0 heterocycles. The van der Waals surface area contributed by atoms with Crippen LogP contribution in [0.1, 0.15) is 0 Å². The van der Waals surface area contributed by atoms with E-state index in [1.54, 1.807) is 0 Å². The Hall–Kier alpha value is -0.433. The zero-order valence-electron chi connectivity index (χ0n) is 4.43. The van der Waals surface area contributed by atoms with Gasteiger partial charge in [0.25, 0.3) is 0 Å². The van der Waals surface area contributed by atoms with E-state index in [0.717, 1.165) is 6.04 Å². The molecule has 0 fully saturated rings. The van der Waals surface area contributed by atoms with Gasteiger partial charge in [0.05, 0.1) is 0 Å². The molecule has 0 amide bonds. The van der Waals surface area contributed by atoms with Gasteiger partial charge in [0.15, 0.2) is 0 Å². The topological polar surface area (TPSA) is 0 Å². The predicted octanol–water partition coefficient (Wildman–Crippen LogP) is 1.02. The molecule has 0 rings (SSSR count). The highest BCUT2D eigenvalue weighted by atomic mass is 28.2. The van der Waals surface area contributed by atoms with Crippen molar-refractivity contribution in [1.29, 1.82) is 0 Å². The highest BCUT2D eigenvalue weighted by Gasteiger charge is 1.61. The summed E-state index contributed by atoms with van der Waals surface area (Å²) >= 11 is 0. The van der Waals surface area contributed by atoms with Crippen LogP contribution in [-0.4, -0.2) is 14.8 Å². The largest absolute Gasteiger partial charge is 0.103 e. The molecule has 0 saturated heterocycles. The van der Waals surface area contributed by atoms with E-state index in [4.69, 9.17) is 0 Å². The van der Waals surface area contributed by atoms with Gasteiger partial charge in [-0.1, -0.05) is 24.4 Å². The van der Waals surface area contributed by atoms with Crippen LogP contribution in [0.25, 0.3) is 0 Å². The number of allylic oxidation sites excluding steroid dienone is 2. The second-order valence-corrected chi connectivity index (χ2v) is 2.52. The zero-order chi connectivity index (χ0) is 5.54. The van der Waals surface area contributed by atoms with Gasteiger partial charge in [-0.05, 0) is 15.2 Å². The zero-order valence-corrected chi connectivity index (χ0v) is 5.59. The molecule has 0 unspecified atom stereocenters. The molecule has 1 heteroatoms. The van der Waals surface area contributed by atoms with E-state index < -0.39 is 0 Å². The first-order valence-corrected chi connectivity index (χ1v) is 3.78. The third-order valence-corrected chi connectivity index (χ3v) is 1.72. The minimum atomic E-state index is 0.461. The van der Waals surface area contributed by atoms with Crippen molar-refractivity contribution in [3.63, 3.8) is 0 Å². The van der Waals surface area contributed by atoms with Crippen LogP contribution in [0, 0.1) is 0 Å². The van der Waals surface area contributed by atoms with Crippen LogP contribution in [0.5, 0.6) is 0 Å². The molecule has 0 aromatic heterocycles. The first kappa shape index (κ1) is 6.57. The summed E-state index contributed by atoms with van der Waals surface area (Å²) in [5, 5.41) is 0. The number of rotatable bonds is 3. The van der Waals surface area contributed by atoms with E-state index in [2.05, 4.69) is 18.8 Å². The Morgan fingerprint density at radius 3 is 2.57 bits per heavy atom. The average molecular weight is 110 g/mol. The van der Waals surface area contributed by atoms with Crippen molar-refractivity contribution >= 4 is 14.8 Å². The molecule has 38 valence electrons. The molecule has 0 saturated carbocycles. The molecular formula is C6H10Si. The van der Waals surface area contributed by atoms with Crippen LogP contribution < -0.4 is 0 Å². The van der Waals surface area contributed by atoms with Crippen LogP contribution in [0.3, 0.4) is 0 Å². The Kier molecular flexibility index (Phi) is 5.22. The summed E-state index contributed by atoms with van der Waals surface area (Å²) in [6.45, 7) is 7.16. The number of hydrogen-bond acceptors (Lipinski definition) is 0. The first-order valence-electron chi connectivity index (χ1n) is 2.30. The molecule has 0 nitrogen and oxygen atoms in total. The van der Waals surface area contributed by atoms with Gasteiger partial charge >= 0.3 is 0 Å². The second kappa shape index (κ2) is 5.57. The molecule has 7 heavy (non-hydrogen) atoms. The molecule has 0 bridgehead atoms. The quantitative estimate of drug-likeness (QED) is 0.376. The molecule has 0 aliphatic carbocycles. The maximum Gasteiger partial charge on any atom is -0.00292 e. The van der Waals surface area contributed by atoms with E-state index in [-0.39, 0.29) is 0 Å². The van der Waals surface area contributed by atoms with Crippen LogP contribution in [-0.2, 0) is 0 Å². The lowest BCUT2D eigenvalue weighted by Crippen LogP contribution is -1.73. The van der Waals surface area contributed by atoms with Crippen LogP contribution >= 0.6 is 0 Å². The number of hydrogen-bond donors (Lipinski definition) is 0. The van der Waals surface area contributed by atoms with Gasteiger partial charge in [-0.2, -0.15) is 0 Å². The summed E-state index contributed by atoms with van der Waals surface area (Å²) < 4.78 is 0. The maximum absolute atomic E-state index is 3.60. The van der Waals surface area contributed by atoms with Crippen LogP contribution in [0.2, 0.25) is 6.04 Å².